The van der Waals surface area contributed by atoms with Crippen molar-refractivity contribution in [2.24, 2.45) is 0 Å². The summed E-state index contributed by atoms with van der Waals surface area (Å²) in [6.45, 7) is 6.81. The number of carbonyl (C=O) groups is 1. The van der Waals surface area contributed by atoms with Gasteiger partial charge in [-0.1, -0.05) is 23.7 Å². The summed E-state index contributed by atoms with van der Waals surface area (Å²) in [6, 6.07) is 7.94. The van der Waals surface area contributed by atoms with Crippen molar-refractivity contribution in [3.63, 3.8) is 0 Å². The molecule has 0 radical (unpaired) electrons. The second-order valence-corrected chi connectivity index (χ2v) is 7.61. The molecule has 0 saturated carbocycles. The van der Waals surface area contributed by atoms with Gasteiger partial charge in [0.25, 0.3) is 0 Å². The Morgan fingerprint density at radius 3 is 2.31 bits per heavy atom. The number of likely N-dealkylation sites (tertiary alicyclic amines) is 1. The van der Waals surface area contributed by atoms with Crippen molar-refractivity contribution in [1.82, 2.24) is 9.80 Å². The number of rotatable bonds is 3. The zero-order chi connectivity index (χ0) is 18.0. The van der Waals surface area contributed by atoms with Crippen LogP contribution in [-0.2, 0) is 14.3 Å². The summed E-state index contributed by atoms with van der Waals surface area (Å²) < 4.78 is 11.5. The molecule has 0 aliphatic carbocycles. The van der Waals surface area contributed by atoms with Crippen LogP contribution in [0.3, 0.4) is 0 Å². The van der Waals surface area contributed by atoms with Crippen molar-refractivity contribution in [2.45, 2.75) is 18.6 Å². The van der Waals surface area contributed by atoms with Gasteiger partial charge in [0.15, 0.2) is 5.79 Å². The third kappa shape index (κ3) is 3.83. The van der Waals surface area contributed by atoms with Crippen LogP contribution in [0.4, 0.5) is 5.69 Å². The number of hydrogen-bond donors (Lipinski definition) is 0. The Morgan fingerprint density at radius 1 is 1.00 bits per heavy atom. The van der Waals surface area contributed by atoms with Crippen molar-refractivity contribution >= 4 is 23.2 Å². The number of benzene rings is 1. The summed E-state index contributed by atoms with van der Waals surface area (Å²) in [6.07, 6.45) is 1.55. The standard InChI is InChI=1S/C19H26ClN3O3/c20-16-3-1-2-4-17(16)22-11-9-21(10-12-22)15-18(24)23-7-5-19(6-8-23)25-13-14-26-19/h1-4H,5-15H2. The summed E-state index contributed by atoms with van der Waals surface area (Å²) in [5, 5.41) is 0.788. The smallest absolute Gasteiger partial charge is 0.236 e. The Balaban J connectivity index is 1.24. The van der Waals surface area contributed by atoms with Gasteiger partial charge in [-0.2, -0.15) is 0 Å². The van der Waals surface area contributed by atoms with Gasteiger partial charge < -0.3 is 19.3 Å². The first-order valence-electron chi connectivity index (χ1n) is 9.43. The van der Waals surface area contributed by atoms with Crippen molar-refractivity contribution < 1.29 is 14.3 Å². The molecule has 0 unspecified atom stereocenters. The molecule has 26 heavy (non-hydrogen) atoms. The fraction of sp³-hybridized carbons (Fsp3) is 0.632. The van der Waals surface area contributed by atoms with E-state index in [0.717, 1.165) is 62.8 Å². The highest BCUT2D eigenvalue weighted by Crippen LogP contribution is 2.31. The zero-order valence-corrected chi connectivity index (χ0v) is 15.8. The number of piperidine rings is 1. The van der Waals surface area contributed by atoms with E-state index in [-0.39, 0.29) is 5.91 Å². The molecule has 0 bridgehead atoms. The molecule has 0 aromatic heterocycles. The van der Waals surface area contributed by atoms with Crippen LogP contribution in [-0.4, -0.2) is 80.5 Å². The Bertz CT molecular complexity index is 633. The number of ether oxygens (including phenoxy) is 2. The van der Waals surface area contributed by atoms with Gasteiger partial charge in [-0.15, -0.1) is 0 Å². The molecule has 142 valence electrons. The van der Waals surface area contributed by atoms with Gasteiger partial charge in [0.1, 0.15) is 0 Å². The maximum atomic E-state index is 12.6. The number of piperazine rings is 1. The normalized spacial score (nSPS) is 23.6. The molecule has 4 rings (SSSR count). The van der Waals surface area contributed by atoms with E-state index >= 15 is 0 Å². The van der Waals surface area contributed by atoms with Crippen LogP contribution in [0.5, 0.6) is 0 Å². The van der Waals surface area contributed by atoms with Crippen LogP contribution >= 0.6 is 11.6 Å². The fourth-order valence-electron chi connectivity index (χ4n) is 4.03. The van der Waals surface area contributed by atoms with Gasteiger partial charge in [0.05, 0.1) is 30.5 Å². The number of carbonyl (C=O) groups excluding carboxylic acids is 1. The van der Waals surface area contributed by atoms with Gasteiger partial charge in [0, 0.05) is 52.1 Å². The number of amides is 1. The Kier molecular flexibility index (Phi) is 5.36. The van der Waals surface area contributed by atoms with Crippen LogP contribution < -0.4 is 4.90 Å². The van der Waals surface area contributed by atoms with Crippen LogP contribution in [0.15, 0.2) is 24.3 Å². The van der Waals surface area contributed by atoms with Crippen LogP contribution in [0.25, 0.3) is 0 Å². The number of para-hydroxylation sites is 1. The third-order valence-corrected chi connectivity index (χ3v) is 5.94. The van der Waals surface area contributed by atoms with E-state index in [0.29, 0.717) is 19.8 Å². The fourth-order valence-corrected chi connectivity index (χ4v) is 4.28. The molecule has 1 spiro atoms. The molecule has 3 aliphatic heterocycles. The Hall–Kier alpha value is -1.34. The van der Waals surface area contributed by atoms with E-state index in [1.54, 1.807) is 0 Å². The minimum Gasteiger partial charge on any atom is -0.368 e. The molecule has 1 aromatic rings. The topological polar surface area (TPSA) is 45.3 Å². The molecule has 6 nitrogen and oxygen atoms in total. The van der Waals surface area contributed by atoms with E-state index in [1.165, 1.54) is 0 Å². The highest BCUT2D eigenvalue weighted by Gasteiger charge is 2.40. The van der Waals surface area contributed by atoms with Gasteiger partial charge >= 0.3 is 0 Å². The summed E-state index contributed by atoms with van der Waals surface area (Å²) in [5.41, 5.74) is 1.08. The summed E-state index contributed by atoms with van der Waals surface area (Å²) in [7, 11) is 0. The van der Waals surface area contributed by atoms with Crippen LogP contribution in [0.1, 0.15) is 12.8 Å². The number of hydrogen-bond acceptors (Lipinski definition) is 5. The summed E-state index contributed by atoms with van der Waals surface area (Å²) >= 11 is 6.29. The van der Waals surface area contributed by atoms with Gasteiger partial charge in [-0.3, -0.25) is 9.69 Å². The Morgan fingerprint density at radius 2 is 1.65 bits per heavy atom. The minimum absolute atomic E-state index is 0.212. The van der Waals surface area contributed by atoms with Crippen molar-refractivity contribution in [3.8, 4) is 0 Å². The second-order valence-electron chi connectivity index (χ2n) is 7.20. The largest absolute Gasteiger partial charge is 0.368 e. The summed E-state index contributed by atoms with van der Waals surface area (Å²) in [5.74, 6) is -0.207. The highest BCUT2D eigenvalue weighted by atomic mass is 35.5. The lowest BCUT2D eigenvalue weighted by molar-refractivity contribution is -0.187. The van der Waals surface area contributed by atoms with Crippen LogP contribution in [0, 0.1) is 0 Å². The maximum Gasteiger partial charge on any atom is 0.236 e. The van der Waals surface area contributed by atoms with Gasteiger partial charge in [-0.25, -0.2) is 0 Å². The predicted molar refractivity (Wildman–Crippen MR) is 101 cm³/mol. The minimum atomic E-state index is -0.419. The third-order valence-electron chi connectivity index (χ3n) is 5.62. The molecule has 7 heteroatoms. The lowest BCUT2D eigenvalue weighted by atomic mass is 10.0. The van der Waals surface area contributed by atoms with Gasteiger partial charge in [-0.05, 0) is 12.1 Å². The molecule has 3 fully saturated rings. The predicted octanol–water partition coefficient (Wildman–Crippen LogP) is 1.83. The Labute approximate surface area is 159 Å². The van der Waals surface area contributed by atoms with Crippen LogP contribution in [0.2, 0.25) is 5.02 Å². The first-order chi connectivity index (χ1) is 12.7. The highest BCUT2D eigenvalue weighted by molar-refractivity contribution is 6.33. The molecule has 1 amide bonds. The quantitative estimate of drug-likeness (QED) is 0.801. The van der Waals surface area contributed by atoms with Crippen molar-refractivity contribution in [2.75, 3.05) is 63.9 Å². The van der Waals surface area contributed by atoms with E-state index in [4.69, 9.17) is 21.1 Å². The van der Waals surface area contributed by atoms with E-state index in [9.17, 15) is 4.79 Å². The first-order valence-corrected chi connectivity index (χ1v) is 9.81. The average Bonchev–Trinajstić information content (AvgIpc) is 3.11. The molecular formula is C19H26ClN3O3. The molecule has 3 heterocycles. The average molecular weight is 380 g/mol. The van der Waals surface area contributed by atoms with E-state index in [2.05, 4.69) is 15.9 Å². The first kappa shape index (κ1) is 18.0. The zero-order valence-electron chi connectivity index (χ0n) is 15.0. The lowest BCUT2D eigenvalue weighted by Crippen LogP contribution is -2.53. The molecule has 0 atom stereocenters. The maximum absolute atomic E-state index is 12.6. The second kappa shape index (κ2) is 7.72. The molecular weight excluding hydrogens is 354 g/mol. The number of nitrogens with zero attached hydrogens (tertiary/aromatic N) is 3. The van der Waals surface area contributed by atoms with E-state index < -0.39 is 5.79 Å². The van der Waals surface area contributed by atoms with E-state index in [1.807, 2.05) is 23.1 Å². The van der Waals surface area contributed by atoms with Crippen molar-refractivity contribution in [1.29, 1.82) is 0 Å². The lowest BCUT2D eigenvalue weighted by Gasteiger charge is -2.40. The van der Waals surface area contributed by atoms with Crippen molar-refractivity contribution in [3.05, 3.63) is 29.3 Å². The number of halogens is 1. The monoisotopic (exact) mass is 379 g/mol. The molecule has 3 aliphatic rings. The molecule has 1 aromatic carbocycles. The SMILES string of the molecule is O=C(CN1CCN(c2ccccc2Cl)CC1)N1CCC2(CC1)OCCO2. The van der Waals surface area contributed by atoms with Gasteiger partial charge in [0.2, 0.25) is 5.91 Å². The molecule has 0 N–H and O–H groups in total. The number of anilines is 1. The summed E-state index contributed by atoms with van der Waals surface area (Å²) in [4.78, 5) is 19.1. The molecule has 3 saturated heterocycles.